The van der Waals surface area contributed by atoms with Crippen molar-refractivity contribution in [3.05, 3.63) is 64.7 Å². The number of carbonyl (C=O) groups is 1. The van der Waals surface area contributed by atoms with E-state index in [0.29, 0.717) is 46.6 Å². The fourth-order valence-electron chi connectivity index (χ4n) is 5.10. The van der Waals surface area contributed by atoms with E-state index in [1.807, 2.05) is 17.1 Å². The number of nitrogens with one attached hydrogen (secondary N) is 2. The summed E-state index contributed by atoms with van der Waals surface area (Å²) in [5, 5.41) is 17.5. The lowest BCUT2D eigenvalue weighted by atomic mass is 9.97. The molecule has 0 bridgehead atoms. The predicted octanol–water partition coefficient (Wildman–Crippen LogP) is 3.09. The van der Waals surface area contributed by atoms with E-state index < -0.39 is 11.9 Å². The molecule has 2 N–H and O–H groups in total. The van der Waals surface area contributed by atoms with Crippen molar-refractivity contribution < 1.29 is 9.18 Å². The van der Waals surface area contributed by atoms with Gasteiger partial charge in [-0.1, -0.05) is 11.6 Å². The Hall–Kier alpha value is -3.90. The van der Waals surface area contributed by atoms with E-state index >= 15 is 0 Å². The molecule has 4 aromatic rings. The van der Waals surface area contributed by atoms with E-state index in [-0.39, 0.29) is 11.8 Å². The highest BCUT2D eigenvalue weighted by Gasteiger charge is 2.40. The van der Waals surface area contributed by atoms with Gasteiger partial charge in [0.05, 0.1) is 41.3 Å². The van der Waals surface area contributed by atoms with Crippen molar-refractivity contribution in [2.75, 3.05) is 17.0 Å². The second-order valence-electron chi connectivity index (χ2n) is 9.61. The Morgan fingerprint density at radius 1 is 1.22 bits per heavy atom. The van der Waals surface area contributed by atoms with Crippen LogP contribution in [0.25, 0.3) is 5.65 Å². The van der Waals surface area contributed by atoms with Gasteiger partial charge in [0.2, 0.25) is 11.9 Å². The Morgan fingerprint density at radius 3 is 2.89 bits per heavy atom. The molecular formula is C24H22ClFN10O. The number of fused-ring (bicyclic) bond motifs is 3. The number of rotatable bonds is 6. The number of pyridine rings is 1. The zero-order valence-electron chi connectivity index (χ0n) is 19.6. The molecule has 188 valence electrons. The molecule has 0 saturated heterocycles. The van der Waals surface area contributed by atoms with Gasteiger partial charge in [-0.25, -0.2) is 19.9 Å². The molecule has 0 unspecified atom stereocenters. The number of nitrogens with zero attached hydrogens (tertiary/aromatic N) is 8. The number of anilines is 2. The van der Waals surface area contributed by atoms with Crippen molar-refractivity contribution >= 4 is 40.9 Å². The molecule has 0 aromatic carbocycles. The third-order valence-corrected chi connectivity index (χ3v) is 7.31. The van der Waals surface area contributed by atoms with Crippen molar-refractivity contribution in [3.8, 4) is 0 Å². The maximum absolute atomic E-state index is 14.1. The fraction of sp³-hybridized carbons (Fsp3) is 0.333. The van der Waals surface area contributed by atoms with E-state index in [4.69, 9.17) is 11.6 Å². The number of halogens is 2. The Balaban J connectivity index is 1.20. The summed E-state index contributed by atoms with van der Waals surface area (Å²) >= 11 is 6.41. The maximum atomic E-state index is 14.1. The van der Waals surface area contributed by atoms with Crippen molar-refractivity contribution in [2.24, 2.45) is 11.0 Å². The average Bonchev–Trinajstić information content (AvgIpc) is 3.30. The highest BCUT2D eigenvalue weighted by Crippen LogP contribution is 2.45. The molecule has 7 rings (SSSR count). The van der Waals surface area contributed by atoms with Crippen LogP contribution in [-0.2, 0) is 11.3 Å². The van der Waals surface area contributed by atoms with Gasteiger partial charge in [-0.2, -0.15) is 19.7 Å². The summed E-state index contributed by atoms with van der Waals surface area (Å²) in [5.41, 5.74) is 6.30. The highest BCUT2D eigenvalue weighted by atomic mass is 35.5. The van der Waals surface area contributed by atoms with E-state index in [9.17, 15) is 9.18 Å². The molecule has 0 spiro atoms. The first-order valence-electron chi connectivity index (χ1n) is 12.1. The van der Waals surface area contributed by atoms with Crippen LogP contribution in [0.3, 0.4) is 0 Å². The summed E-state index contributed by atoms with van der Waals surface area (Å²) in [6.45, 7) is 1.47. The first-order chi connectivity index (χ1) is 18.0. The molecule has 1 saturated carbocycles. The Kier molecular flexibility index (Phi) is 5.18. The van der Waals surface area contributed by atoms with Crippen molar-refractivity contribution in [1.82, 2.24) is 34.8 Å². The Morgan fingerprint density at radius 2 is 2.11 bits per heavy atom. The van der Waals surface area contributed by atoms with Gasteiger partial charge in [-0.3, -0.25) is 9.48 Å². The summed E-state index contributed by atoms with van der Waals surface area (Å²) in [7, 11) is 0. The number of hydrazone groups is 1. The lowest BCUT2D eigenvalue weighted by Gasteiger charge is -2.16. The van der Waals surface area contributed by atoms with Crippen LogP contribution in [-0.4, -0.2) is 48.0 Å². The van der Waals surface area contributed by atoms with Crippen molar-refractivity contribution in [1.29, 1.82) is 0 Å². The first-order valence-corrected chi connectivity index (χ1v) is 12.5. The summed E-state index contributed by atoms with van der Waals surface area (Å²) in [6.07, 6.45) is 11.7. The minimum atomic E-state index is -0.616. The van der Waals surface area contributed by atoms with Crippen LogP contribution in [0.4, 0.5) is 15.9 Å². The SMILES string of the molecule is O=C(Nc1cnc(N2N=CCN2)c(Cl)c1)[C@H]1C[C@@H](c2cnn(CC3CC3)c2)c2c1cnc1cc(F)nn21. The molecule has 13 heteroatoms. The van der Waals surface area contributed by atoms with Crippen LogP contribution in [0, 0.1) is 11.9 Å². The van der Waals surface area contributed by atoms with Gasteiger partial charge in [0.15, 0.2) is 11.5 Å². The fourth-order valence-corrected chi connectivity index (χ4v) is 5.35. The minimum absolute atomic E-state index is 0.188. The molecule has 11 nitrogen and oxygen atoms in total. The zero-order chi connectivity index (χ0) is 25.1. The predicted molar refractivity (Wildman–Crippen MR) is 134 cm³/mol. The van der Waals surface area contributed by atoms with Gasteiger partial charge in [0, 0.05) is 42.7 Å². The van der Waals surface area contributed by atoms with E-state index in [0.717, 1.165) is 17.8 Å². The summed E-state index contributed by atoms with van der Waals surface area (Å²) in [6, 6.07) is 2.92. The maximum Gasteiger partial charge on any atom is 0.235 e. The molecule has 0 radical (unpaired) electrons. The molecule has 2 atom stereocenters. The molecule has 1 aliphatic heterocycles. The van der Waals surface area contributed by atoms with Gasteiger partial charge < -0.3 is 5.32 Å². The Labute approximate surface area is 215 Å². The van der Waals surface area contributed by atoms with Gasteiger partial charge in [0.25, 0.3) is 0 Å². The topological polar surface area (TPSA) is 118 Å². The van der Waals surface area contributed by atoms with E-state index in [2.05, 4.69) is 36.0 Å². The van der Waals surface area contributed by atoms with E-state index in [1.54, 1.807) is 18.5 Å². The van der Waals surface area contributed by atoms with Crippen molar-refractivity contribution in [3.63, 3.8) is 0 Å². The van der Waals surface area contributed by atoms with Crippen LogP contribution in [0.5, 0.6) is 0 Å². The summed E-state index contributed by atoms with van der Waals surface area (Å²) in [5.74, 6) is -0.445. The highest BCUT2D eigenvalue weighted by molar-refractivity contribution is 6.33. The number of hydrazine groups is 1. The quantitative estimate of drug-likeness (QED) is 0.401. The van der Waals surface area contributed by atoms with E-state index in [1.165, 1.54) is 34.7 Å². The zero-order valence-corrected chi connectivity index (χ0v) is 20.3. The average molecular weight is 521 g/mol. The van der Waals surface area contributed by atoms with Crippen LogP contribution in [0.1, 0.15) is 47.9 Å². The van der Waals surface area contributed by atoms with Gasteiger partial charge >= 0.3 is 0 Å². The minimum Gasteiger partial charge on any atom is -0.324 e. The molecule has 3 aliphatic rings. The van der Waals surface area contributed by atoms with Crippen LogP contribution in [0.2, 0.25) is 5.02 Å². The monoisotopic (exact) mass is 520 g/mol. The third-order valence-electron chi connectivity index (χ3n) is 7.03. The first kappa shape index (κ1) is 22.3. The molecule has 1 fully saturated rings. The number of amides is 1. The normalized spacial score (nSPS) is 20.6. The summed E-state index contributed by atoms with van der Waals surface area (Å²) in [4.78, 5) is 22.2. The van der Waals surface area contributed by atoms with Crippen LogP contribution >= 0.6 is 11.6 Å². The standard InChI is InChI=1S/C24H22ClFN10O/c25-19-5-15(9-28-23(19)36-29-3-4-30-36)32-24(37)17-6-16(14-8-31-34(12-14)11-13-1-2-13)22-18(17)10-27-21-7-20(26)33-35(21)22/h3,5,7-10,12-13,16-17,30H,1-2,4,6,11H2,(H,32,37)/t16-,17-/m0/s1. The second-order valence-corrected chi connectivity index (χ2v) is 10.0. The summed E-state index contributed by atoms with van der Waals surface area (Å²) < 4.78 is 17.6. The van der Waals surface area contributed by atoms with Gasteiger partial charge in [0.1, 0.15) is 0 Å². The van der Waals surface area contributed by atoms with Crippen molar-refractivity contribution in [2.45, 2.75) is 37.6 Å². The number of hydrogen-bond acceptors (Lipinski definition) is 8. The third kappa shape index (κ3) is 4.02. The lowest BCUT2D eigenvalue weighted by Crippen LogP contribution is -2.29. The molecule has 5 heterocycles. The number of aromatic nitrogens is 6. The molecule has 4 aromatic heterocycles. The van der Waals surface area contributed by atoms with Gasteiger partial charge in [-0.15, -0.1) is 5.10 Å². The van der Waals surface area contributed by atoms with Gasteiger partial charge in [-0.05, 0) is 36.8 Å². The molecular weight excluding hydrogens is 499 g/mol. The number of hydrogen-bond donors (Lipinski definition) is 2. The lowest BCUT2D eigenvalue weighted by molar-refractivity contribution is -0.117. The smallest absolute Gasteiger partial charge is 0.235 e. The molecule has 1 amide bonds. The number of carbonyl (C=O) groups excluding carboxylic acids is 1. The molecule has 37 heavy (non-hydrogen) atoms. The van der Waals surface area contributed by atoms with Crippen LogP contribution in [0.15, 0.2) is 42.0 Å². The largest absolute Gasteiger partial charge is 0.324 e. The second kappa shape index (κ2) is 8.60. The molecule has 2 aliphatic carbocycles. The van der Waals surface area contributed by atoms with Crippen LogP contribution < -0.4 is 15.9 Å². The Bertz CT molecular complexity index is 1560.